The van der Waals surface area contributed by atoms with E-state index < -0.39 is 23.8 Å². The van der Waals surface area contributed by atoms with E-state index in [9.17, 15) is 28.3 Å². The van der Waals surface area contributed by atoms with Crippen molar-refractivity contribution in [3.8, 4) is 17.2 Å². The Morgan fingerprint density at radius 2 is 1.62 bits per heavy atom. The van der Waals surface area contributed by atoms with Crippen LogP contribution in [0.4, 0.5) is 13.2 Å². The van der Waals surface area contributed by atoms with E-state index in [0.29, 0.717) is 12.0 Å². The number of carbonyl (C=O) groups is 1. The van der Waals surface area contributed by atoms with E-state index in [-0.39, 0.29) is 12.5 Å². The molecular weight excluding hydrogens is 345 g/mol. The number of aliphatic hydroxyl groups is 1. The van der Waals surface area contributed by atoms with Crippen LogP contribution in [0.5, 0.6) is 0 Å². The van der Waals surface area contributed by atoms with Gasteiger partial charge in [0, 0.05) is 5.92 Å². The largest absolute Gasteiger partial charge is 0.416 e. The molecular formula is C19H15F3N2O2. The van der Waals surface area contributed by atoms with Crippen molar-refractivity contribution in [3.05, 3.63) is 59.7 Å². The number of aliphatic hydroxyl groups excluding tert-OH is 1. The van der Waals surface area contributed by atoms with E-state index in [1.165, 1.54) is 17.0 Å². The van der Waals surface area contributed by atoms with Crippen LogP contribution in [0, 0.1) is 11.3 Å². The third-order valence-corrected chi connectivity index (χ3v) is 4.74. The molecule has 1 fully saturated rings. The summed E-state index contributed by atoms with van der Waals surface area (Å²) in [5, 5.41) is 18.7. The van der Waals surface area contributed by atoms with E-state index in [2.05, 4.69) is 6.07 Å². The van der Waals surface area contributed by atoms with E-state index >= 15 is 0 Å². The molecule has 1 heterocycles. The lowest BCUT2D eigenvalue weighted by atomic mass is 9.76. The van der Waals surface area contributed by atoms with Gasteiger partial charge < -0.3 is 10.0 Å². The topological polar surface area (TPSA) is 64.3 Å². The number of rotatable bonds is 4. The van der Waals surface area contributed by atoms with E-state index in [1.807, 2.05) is 0 Å². The molecule has 1 aliphatic heterocycles. The molecule has 0 aromatic heterocycles. The van der Waals surface area contributed by atoms with Gasteiger partial charge in [-0.15, -0.1) is 0 Å². The van der Waals surface area contributed by atoms with Gasteiger partial charge in [-0.1, -0.05) is 36.4 Å². The molecule has 0 spiro atoms. The fourth-order valence-corrected chi connectivity index (χ4v) is 3.34. The van der Waals surface area contributed by atoms with Crippen LogP contribution in [0.15, 0.2) is 48.5 Å². The van der Waals surface area contributed by atoms with Crippen molar-refractivity contribution in [2.45, 2.75) is 24.2 Å². The number of hydrogen-bond acceptors (Lipinski definition) is 3. The number of likely N-dealkylation sites (tertiary alicyclic amines) is 1. The number of nitrogens with zero attached hydrogens (tertiary/aromatic N) is 2. The lowest BCUT2D eigenvalue weighted by Gasteiger charge is -2.49. The average molecular weight is 360 g/mol. The van der Waals surface area contributed by atoms with Gasteiger partial charge in [-0.2, -0.15) is 18.4 Å². The van der Waals surface area contributed by atoms with Crippen LogP contribution < -0.4 is 0 Å². The first-order chi connectivity index (χ1) is 12.4. The Labute approximate surface area is 148 Å². The van der Waals surface area contributed by atoms with Gasteiger partial charge >= 0.3 is 6.18 Å². The van der Waals surface area contributed by atoms with Crippen molar-refractivity contribution in [2.24, 2.45) is 0 Å². The number of alkyl halides is 3. The maximum atomic E-state index is 12.6. The Morgan fingerprint density at radius 1 is 1.08 bits per heavy atom. The van der Waals surface area contributed by atoms with E-state index in [4.69, 9.17) is 0 Å². The van der Waals surface area contributed by atoms with Crippen molar-refractivity contribution in [1.82, 2.24) is 4.90 Å². The molecule has 0 radical (unpaired) electrons. The Hall–Kier alpha value is -2.85. The van der Waals surface area contributed by atoms with Gasteiger partial charge in [0.1, 0.15) is 6.04 Å². The monoisotopic (exact) mass is 360 g/mol. The van der Waals surface area contributed by atoms with E-state index in [0.717, 1.165) is 23.3 Å². The van der Waals surface area contributed by atoms with Gasteiger partial charge in [0.25, 0.3) is 0 Å². The number of benzene rings is 2. The third-order valence-electron chi connectivity index (χ3n) is 4.74. The quantitative estimate of drug-likeness (QED) is 0.852. The second-order valence-corrected chi connectivity index (χ2v) is 6.10. The molecule has 1 saturated heterocycles. The fourth-order valence-electron chi connectivity index (χ4n) is 3.34. The molecule has 4 nitrogen and oxygen atoms in total. The molecule has 1 amide bonds. The fraction of sp³-hybridized carbons (Fsp3) is 0.263. The van der Waals surface area contributed by atoms with Crippen LogP contribution >= 0.6 is 0 Å². The third kappa shape index (κ3) is 3.04. The standard InChI is InChI=1S/C19H15F3N2O2/c20-19(21,22)15-7-5-13(6-8-15)12-1-3-14(4-2-12)18-16(9-23)24(11-26)17(18)10-25/h1-8,11,16-18,25H,10H2. The van der Waals surface area contributed by atoms with Crippen molar-refractivity contribution >= 4 is 6.41 Å². The highest BCUT2D eigenvalue weighted by atomic mass is 19.4. The molecule has 0 saturated carbocycles. The molecule has 7 heteroatoms. The van der Waals surface area contributed by atoms with Gasteiger partial charge in [0.2, 0.25) is 6.41 Å². The summed E-state index contributed by atoms with van der Waals surface area (Å²) in [7, 11) is 0. The average Bonchev–Trinajstić information content (AvgIpc) is 2.62. The highest BCUT2D eigenvalue weighted by Gasteiger charge is 2.48. The summed E-state index contributed by atoms with van der Waals surface area (Å²) in [4.78, 5) is 12.3. The molecule has 3 rings (SSSR count). The Balaban J connectivity index is 1.83. The normalized spacial score (nSPS) is 22.4. The second kappa shape index (κ2) is 6.81. The minimum Gasteiger partial charge on any atom is -0.394 e. The van der Waals surface area contributed by atoms with Crippen molar-refractivity contribution in [1.29, 1.82) is 5.26 Å². The molecule has 2 aromatic carbocycles. The maximum absolute atomic E-state index is 12.6. The lowest BCUT2D eigenvalue weighted by molar-refractivity contribution is -0.137. The molecule has 0 aliphatic carbocycles. The lowest BCUT2D eigenvalue weighted by Crippen LogP contribution is -2.62. The number of hydrogen-bond donors (Lipinski definition) is 1. The predicted molar refractivity (Wildman–Crippen MR) is 87.8 cm³/mol. The first-order valence-corrected chi connectivity index (χ1v) is 7.91. The van der Waals surface area contributed by atoms with Crippen molar-refractivity contribution < 1.29 is 23.1 Å². The van der Waals surface area contributed by atoms with Gasteiger partial charge in [0.05, 0.1) is 24.3 Å². The molecule has 3 unspecified atom stereocenters. The minimum absolute atomic E-state index is 0.248. The molecule has 0 bridgehead atoms. The summed E-state index contributed by atoms with van der Waals surface area (Å²) < 4.78 is 37.9. The van der Waals surface area contributed by atoms with Gasteiger partial charge in [-0.05, 0) is 28.8 Å². The summed E-state index contributed by atoms with van der Waals surface area (Å²) in [5.41, 5.74) is 1.47. The van der Waals surface area contributed by atoms with Crippen LogP contribution in [0.3, 0.4) is 0 Å². The second-order valence-electron chi connectivity index (χ2n) is 6.10. The van der Waals surface area contributed by atoms with Crippen LogP contribution in [0.1, 0.15) is 17.0 Å². The molecule has 1 aliphatic rings. The first-order valence-electron chi connectivity index (χ1n) is 7.91. The highest BCUT2D eigenvalue weighted by Crippen LogP contribution is 2.40. The van der Waals surface area contributed by atoms with Crippen molar-refractivity contribution in [3.63, 3.8) is 0 Å². The van der Waals surface area contributed by atoms with Gasteiger partial charge in [-0.25, -0.2) is 0 Å². The molecule has 26 heavy (non-hydrogen) atoms. The molecule has 2 aromatic rings. The van der Waals surface area contributed by atoms with Crippen LogP contribution in [0.25, 0.3) is 11.1 Å². The Kier molecular flexibility index (Phi) is 4.70. The minimum atomic E-state index is -4.37. The number of carbonyl (C=O) groups excluding carboxylic acids is 1. The number of nitriles is 1. The summed E-state index contributed by atoms with van der Waals surface area (Å²) in [6.45, 7) is -0.248. The molecule has 3 atom stereocenters. The highest BCUT2D eigenvalue weighted by molar-refractivity contribution is 5.64. The zero-order valence-electron chi connectivity index (χ0n) is 13.5. The SMILES string of the molecule is N#CC1C(c2ccc(-c3ccc(C(F)(F)F)cc3)cc2)C(CO)N1C=O. The summed E-state index contributed by atoms with van der Waals surface area (Å²) >= 11 is 0. The summed E-state index contributed by atoms with van der Waals surface area (Å²) in [5.74, 6) is -0.295. The number of amides is 1. The smallest absolute Gasteiger partial charge is 0.394 e. The molecule has 1 N–H and O–H groups in total. The zero-order chi connectivity index (χ0) is 18.9. The Morgan fingerprint density at radius 3 is 2.04 bits per heavy atom. The van der Waals surface area contributed by atoms with Gasteiger partial charge in [0.15, 0.2) is 0 Å². The van der Waals surface area contributed by atoms with Crippen molar-refractivity contribution in [2.75, 3.05) is 6.61 Å². The van der Waals surface area contributed by atoms with Crippen LogP contribution in [-0.2, 0) is 11.0 Å². The first kappa shape index (κ1) is 18.0. The zero-order valence-corrected chi connectivity index (χ0v) is 13.5. The van der Waals surface area contributed by atoms with Crippen LogP contribution in [-0.4, -0.2) is 35.1 Å². The van der Waals surface area contributed by atoms with E-state index in [1.54, 1.807) is 24.3 Å². The predicted octanol–water partition coefficient (Wildman–Crippen LogP) is 3.18. The van der Waals surface area contributed by atoms with Crippen LogP contribution in [0.2, 0.25) is 0 Å². The summed E-state index contributed by atoms with van der Waals surface area (Å²) in [6, 6.07) is 12.9. The van der Waals surface area contributed by atoms with Gasteiger partial charge in [-0.3, -0.25) is 4.79 Å². The maximum Gasteiger partial charge on any atom is 0.416 e. The number of halogens is 3. The molecule has 134 valence electrons. The summed E-state index contributed by atoms with van der Waals surface area (Å²) in [6.07, 6.45) is -3.81. The Bertz CT molecular complexity index is 826.